The first-order chi connectivity index (χ1) is 11.3. The number of fused-ring (bicyclic) bond motifs is 1. The molecule has 3 aromatic heterocycles. The number of aromatic nitrogens is 6. The van der Waals surface area contributed by atoms with E-state index in [4.69, 9.17) is 0 Å². The van der Waals surface area contributed by atoms with Gasteiger partial charge in [0.1, 0.15) is 0 Å². The van der Waals surface area contributed by atoms with Crippen LogP contribution in [0.1, 0.15) is 22.1 Å². The maximum absolute atomic E-state index is 12.3. The fraction of sp³-hybridized carbons (Fsp3) is 0.333. The van der Waals surface area contributed by atoms with Gasteiger partial charge < -0.3 is 14.8 Å². The number of nitrogens with one attached hydrogen (secondary N) is 1. The normalized spacial score (nSPS) is 13.8. The molecule has 0 fully saturated rings. The molecule has 0 aromatic carbocycles. The van der Waals surface area contributed by atoms with Crippen LogP contribution in [0, 0.1) is 0 Å². The molecule has 118 valence electrons. The zero-order valence-corrected chi connectivity index (χ0v) is 13.5. The fourth-order valence-corrected chi connectivity index (χ4v) is 3.37. The van der Waals surface area contributed by atoms with Crippen LogP contribution in [-0.2, 0) is 19.6 Å². The average molecular weight is 348 g/mol. The molecule has 4 heterocycles. The van der Waals surface area contributed by atoms with Crippen molar-refractivity contribution in [2.75, 3.05) is 11.9 Å². The number of hydrogen-bond donors (Lipinski definition) is 1. The predicted molar refractivity (Wildman–Crippen MR) is 84.1 cm³/mol. The van der Waals surface area contributed by atoms with E-state index in [1.54, 1.807) is 27.8 Å². The SMILES string of the molecule is O=C(c1csnn1)N1CCn2c(CNc3nccs3)nnc2C1. The number of carbonyl (C=O) groups excluding carboxylic acids is 1. The van der Waals surface area contributed by atoms with Crippen LogP contribution in [0.5, 0.6) is 0 Å². The summed E-state index contributed by atoms with van der Waals surface area (Å²) in [5.74, 6) is 1.51. The van der Waals surface area contributed by atoms with Crippen molar-refractivity contribution < 1.29 is 4.79 Å². The minimum Gasteiger partial charge on any atom is -0.354 e. The second kappa shape index (κ2) is 6.01. The number of anilines is 1. The molecule has 11 heteroatoms. The van der Waals surface area contributed by atoms with Crippen LogP contribution in [-0.4, -0.2) is 46.7 Å². The van der Waals surface area contributed by atoms with Crippen molar-refractivity contribution in [3.8, 4) is 0 Å². The van der Waals surface area contributed by atoms with Crippen LogP contribution in [0.4, 0.5) is 5.13 Å². The van der Waals surface area contributed by atoms with Gasteiger partial charge in [0, 0.05) is 30.0 Å². The van der Waals surface area contributed by atoms with Gasteiger partial charge in [0.2, 0.25) is 0 Å². The van der Waals surface area contributed by atoms with E-state index in [0.717, 1.165) is 16.8 Å². The van der Waals surface area contributed by atoms with E-state index in [-0.39, 0.29) is 5.91 Å². The first-order valence-corrected chi connectivity index (χ1v) is 8.63. The molecule has 1 amide bonds. The van der Waals surface area contributed by atoms with E-state index < -0.39 is 0 Å². The molecule has 0 aliphatic carbocycles. The summed E-state index contributed by atoms with van der Waals surface area (Å²) in [6.45, 7) is 2.26. The molecule has 4 rings (SSSR count). The Kier molecular flexibility index (Phi) is 3.71. The third kappa shape index (κ3) is 2.80. The zero-order chi connectivity index (χ0) is 15.6. The van der Waals surface area contributed by atoms with Gasteiger partial charge in [-0.05, 0) is 11.5 Å². The summed E-state index contributed by atoms with van der Waals surface area (Å²) >= 11 is 2.71. The van der Waals surface area contributed by atoms with E-state index in [0.29, 0.717) is 31.9 Å². The zero-order valence-electron chi connectivity index (χ0n) is 11.9. The minimum atomic E-state index is -0.115. The number of amides is 1. The largest absolute Gasteiger partial charge is 0.354 e. The van der Waals surface area contributed by atoms with Crippen LogP contribution < -0.4 is 5.32 Å². The van der Waals surface area contributed by atoms with Crippen molar-refractivity contribution in [1.29, 1.82) is 0 Å². The third-order valence-corrected chi connectivity index (χ3v) is 4.76. The molecular weight excluding hydrogens is 336 g/mol. The Bertz CT molecular complexity index is 797. The Balaban J connectivity index is 1.45. The highest BCUT2D eigenvalue weighted by Crippen LogP contribution is 2.17. The lowest BCUT2D eigenvalue weighted by molar-refractivity contribution is 0.0700. The lowest BCUT2D eigenvalue weighted by atomic mass is 10.3. The number of nitrogens with zero attached hydrogens (tertiary/aromatic N) is 7. The minimum absolute atomic E-state index is 0.115. The maximum atomic E-state index is 12.3. The van der Waals surface area contributed by atoms with Gasteiger partial charge in [0.25, 0.3) is 5.91 Å². The van der Waals surface area contributed by atoms with Crippen molar-refractivity contribution in [3.05, 3.63) is 34.3 Å². The van der Waals surface area contributed by atoms with Crippen molar-refractivity contribution in [2.45, 2.75) is 19.6 Å². The molecular formula is C12H12N8OS2. The lowest BCUT2D eigenvalue weighted by Gasteiger charge is -2.27. The van der Waals surface area contributed by atoms with E-state index in [1.807, 2.05) is 9.95 Å². The average Bonchev–Trinajstić information content (AvgIpc) is 3.32. The molecule has 3 aromatic rings. The standard InChI is InChI=1S/C12H12N8OS2/c21-11(8-7-23-18-15-8)19-2-3-20-9(16-17-10(20)6-19)5-14-12-13-1-4-22-12/h1,4,7H,2-3,5-6H2,(H,13,14). The van der Waals surface area contributed by atoms with Crippen molar-refractivity contribution in [3.63, 3.8) is 0 Å². The molecule has 0 atom stereocenters. The summed E-state index contributed by atoms with van der Waals surface area (Å²) in [6, 6.07) is 0. The predicted octanol–water partition coefficient (Wildman–Crippen LogP) is 0.854. The van der Waals surface area contributed by atoms with Gasteiger partial charge in [-0.1, -0.05) is 4.49 Å². The molecule has 9 nitrogen and oxygen atoms in total. The Morgan fingerprint density at radius 2 is 2.26 bits per heavy atom. The summed E-state index contributed by atoms with van der Waals surface area (Å²) in [7, 11) is 0. The van der Waals surface area contributed by atoms with Crippen LogP contribution in [0.15, 0.2) is 17.0 Å². The summed E-state index contributed by atoms with van der Waals surface area (Å²) in [5, 5.41) is 19.9. The van der Waals surface area contributed by atoms with Gasteiger partial charge in [-0.15, -0.1) is 26.6 Å². The molecule has 0 bridgehead atoms. The summed E-state index contributed by atoms with van der Waals surface area (Å²) in [5.41, 5.74) is 0.383. The summed E-state index contributed by atoms with van der Waals surface area (Å²) in [6.07, 6.45) is 1.75. The highest BCUT2D eigenvalue weighted by atomic mass is 32.1. The highest BCUT2D eigenvalue weighted by molar-refractivity contribution is 7.13. The number of thiazole rings is 1. The lowest BCUT2D eigenvalue weighted by Crippen LogP contribution is -2.39. The van der Waals surface area contributed by atoms with Crippen LogP contribution >= 0.6 is 22.9 Å². The quantitative estimate of drug-likeness (QED) is 0.746. The summed E-state index contributed by atoms with van der Waals surface area (Å²) < 4.78 is 5.78. The molecule has 0 saturated heterocycles. The second-order valence-corrected chi connectivity index (χ2v) is 6.40. The topological polar surface area (TPSA) is 102 Å². The maximum Gasteiger partial charge on any atom is 0.275 e. The van der Waals surface area contributed by atoms with E-state index in [9.17, 15) is 4.79 Å². The van der Waals surface area contributed by atoms with Crippen LogP contribution in [0.3, 0.4) is 0 Å². The van der Waals surface area contributed by atoms with Gasteiger partial charge in [0.05, 0.1) is 13.1 Å². The second-order valence-electron chi connectivity index (χ2n) is 4.89. The van der Waals surface area contributed by atoms with Gasteiger partial charge >= 0.3 is 0 Å². The monoisotopic (exact) mass is 348 g/mol. The Morgan fingerprint density at radius 3 is 3.04 bits per heavy atom. The Morgan fingerprint density at radius 1 is 1.30 bits per heavy atom. The fourth-order valence-electron chi connectivity index (χ4n) is 2.41. The number of carbonyl (C=O) groups is 1. The van der Waals surface area contributed by atoms with Gasteiger partial charge in [-0.25, -0.2) is 4.98 Å². The van der Waals surface area contributed by atoms with Gasteiger partial charge in [-0.2, -0.15) is 0 Å². The van der Waals surface area contributed by atoms with Gasteiger partial charge in [-0.3, -0.25) is 4.79 Å². The Labute approximate surface area is 139 Å². The highest BCUT2D eigenvalue weighted by Gasteiger charge is 2.26. The van der Waals surface area contributed by atoms with Crippen molar-refractivity contribution >= 4 is 33.9 Å². The van der Waals surface area contributed by atoms with Crippen molar-refractivity contribution in [2.24, 2.45) is 0 Å². The van der Waals surface area contributed by atoms with Crippen LogP contribution in [0.25, 0.3) is 0 Å². The molecule has 1 N–H and O–H groups in total. The summed E-state index contributed by atoms with van der Waals surface area (Å²) in [4.78, 5) is 18.2. The third-order valence-electron chi connectivity index (χ3n) is 3.53. The van der Waals surface area contributed by atoms with E-state index >= 15 is 0 Å². The van der Waals surface area contributed by atoms with Crippen LogP contribution in [0.2, 0.25) is 0 Å². The molecule has 0 saturated carbocycles. The Hall–Kier alpha value is -2.40. The number of hydrogen-bond acceptors (Lipinski definition) is 9. The van der Waals surface area contributed by atoms with Gasteiger partial charge in [0.15, 0.2) is 22.5 Å². The molecule has 0 spiro atoms. The van der Waals surface area contributed by atoms with E-state index in [2.05, 4.69) is 30.1 Å². The van der Waals surface area contributed by atoms with E-state index in [1.165, 1.54) is 11.5 Å². The molecule has 0 unspecified atom stereocenters. The first kappa shape index (κ1) is 14.2. The molecule has 0 radical (unpaired) electrons. The molecule has 23 heavy (non-hydrogen) atoms. The molecule has 1 aliphatic heterocycles. The first-order valence-electron chi connectivity index (χ1n) is 6.92. The molecule has 1 aliphatic rings. The smallest absolute Gasteiger partial charge is 0.275 e. The number of rotatable bonds is 4. The van der Waals surface area contributed by atoms with Crippen molar-refractivity contribution in [1.82, 2.24) is 34.2 Å².